The topological polar surface area (TPSA) is 50.3 Å². The Labute approximate surface area is 121 Å². The predicted molar refractivity (Wildman–Crippen MR) is 80.5 cm³/mol. The number of imidazole rings is 1. The van der Waals surface area contributed by atoms with Crippen molar-refractivity contribution in [1.82, 2.24) is 19.4 Å². The fourth-order valence-corrected chi connectivity index (χ4v) is 3.35. The Kier molecular flexibility index (Phi) is 4.38. The van der Waals surface area contributed by atoms with Crippen molar-refractivity contribution in [3.8, 4) is 0 Å². The van der Waals surface area contributed by atoms with E-state index in [4.69, 9.17) is 5.73 Å². The zero-order valence-electron chi connectivity index (χ0n) is 12.5. The Bertz CT molecular complexity index is 418. The van der Waals surface area contributed by atoms with Crippen molar-refractivity contribution < 1.29 is 0 Å². The van der Waals surface area contributed by atoms with Crippen molar-refractivity contribution in [3.63, 3.8) is 0 Å². The third-order valence-electron chi connectivity index (χ3n) is 4.63. The van der Waals surface area contributed by atoms with Crippen LogP contribution in [-0.4, -0.2) is 58.1 Å². The van der Waals surface area contributed by atoms with Gasteiger partial charge < -0.3 is 10.3 Å². The number of aromatic nitrogens is 2. The lowest BCUT2D eigenvalue weighted by Crippen LogP contribution is -2.49. The van der Waals surface area contributed by atoms with Gasteiger partial charge in [-0.05, 0) is 19.3 Å². The lowest BCUT2D eigenvalue weighted by molar-refractivity contribution is 0.0908. The summed E-state index contributed by atoms with van der Waals surface area (Å²) in [5.74, 6) is 0. The summed E-state index contributed by atoms with van der Waals surface area (Å²) in [7, 11) is 0. The molecule has 1 aliphatic carbocycles. The quantitative estimate of drug-likeness (QED) is 0.845. The minimum Gasteiger partial charge on any atom is -0.333 e. The molecule has 3 rings (SSSR count). The van der Waals surface area contributed by atoms with E-state index in [1.807, 2.05) is 12.5 Å². The Hall–Kier alpha value is -0.910. The van der Waals surface area contributed by atoms with Crippen LogP contribution in [0.5, 0.6) is 0 Å². The molecule has 1 aromatic heterocycles. The van der Waals surface area contributed by atoms with Gasteiger partial charge in [-0.2, -0.15) is 0 Å². The largest absolute Gasteiger partial charge is 0.333 e. The smallest absolute Gasteiger partial charge is 0.0948 e. The van der Waals surface area contributed by atoms with Gasteiger partial charge in [-0.3, -0.25) is 9.80 Å². The van der Waals surface area contributed by atoms with Crippen molar-refractivity contribution in [2.45, 2.75) is 44.8 Å². The van der Waals surface area contributed by atoms with Gasteiger partial charge >= 0.3 is 0 Å². The number of nitrogens with zero attached hydrogens (tertiary/aromatic N) is 4. The van der Waals surface area contributed by atoms with Crippen LogP contribution in [0, 0.1) is 0 Å². The average molecular weight is 277 g/mol. The molecule has 2 heterocycles. The third kappa shape index (κ3) is 2.90. The van der Waals surface area contributed by atoms with Gasteiger partial charge in [0.25, 0.3) is 0 Å². The minimum atomic E-state index is 0.324. The number of rotatable bonds is 6. The van der Waals surface area contributed by atoms with Gasteiger partial charge in [0, 0.05) is 51.5 Å². The Balaban J connectivity index is 1.65. The molecular formula is C15H27N5. The second-order valence-corrected chi connectivity index (χ2v) is 6.07. The number of hydrogen-bond donors (Lipinski definition) is 1. The molecule has 0 amide bonds. The Morgan fingerprint density at radius 3 is 2.65 bits per heavy atom. The van der Waals surface area contributed by atoms with Crippen molar-refractivity contribution in [2.75, 3.05) is 32.7 Å². The molecule has 0 aromatic carbocycles. The molecule has 1 saturated carbocycles. The molecule has 2 fully saturated rings. The van der Waals surface area contributed by atoms with Gasteiger partial charge in [-0.1, -0.05) is 6.92 Å². The molecule has 2 N–H and O–H groups in total. The lowest BCUT2D eigenvalue weighted by atomic mass is 10.1. The molecule has 0 spiro atoms. The fourth-order valence-electron chi connectivity index (χ4n) is 3.35. The van der Waals surface area contributed by atoms with E-state index in [2.05, 4.69) is 26.3 Å². The summed E-state index contributed by atoms with van der Waals surface area (Å²) in [5.41, 5.74) is 7.36. The monoisotopic (exact) mass is 277 g/mol. The summed E-state index contributed by atoms with van der Waals surface area (Å²) in [6, 6.07) is 1.21. The van der Waals surface area contributed by atoms with Crippen LogP contribution in [0.2, 0.25) is 0 Å². The van der Waals surface area contributed by atoms with E-state index in [1.165, 1.54) is 31.6 Å². The van der Waals surface area contributed by atoms with Gasteiger partial charge in [0.15, 0.2) is 0 Å². The van der Waals surface area contributed by atoms with E-state index in [0.29, 0.717) is 12.6 Å². The van der Waals surface area contributed by atoms with Crippen LogP contribution in [-0.2, 0) is 6.54 Å². The number of aryl methyl sites for hydroxylation is 1. The second kappa shape index (κ2) is 6.24. The maximum Gasteiger partial charge on any atom is 0.0948 e. The Morgan fingerprint density at radius 1 is 1.30 bits per heavy atom. The molecule has 1 atom stereocenters. The fraction of sp³-hybridized carbons (Fsp3) is 0.800. The summed E-state index contributed by atoms with van der Waals surface area (Å²) in [5, 5.41) is 0. The van der Waals surface area contributed by atoms with Crippen LogP contribution in [0.3, 0.4) is 0 Å². The van der Waals surface area contributed by atoms with E-state index in [-0.39, 0.29) is 0 Å². The molecule has 1 aliphatic heterocycles. The maximum atomic E-state index is 6.07. The van der Waals surface area contributed by atoms with Crippen LogP contribution >= 0.6 is 0 Å². The normalized spacial score (nSPS) is 23.1. The van der Waals surface area contributed by atoms with Gasteiger partial charge in [-0.25, -0.2) is 4.98 Å². The Morgan fingerprint density at radius 2 is 2.05 bits per heavy atom. The first-order chi connectivity index (χ1) is 9.83. The zero-order valence-corrected chi connectivity index (χ0v) is 12.5. The first kappa shape index (κ1) is 14.0. The van der Waals surface area contributed by atoms with E-state index >= 15 is 0 Å². The summed E-state index contributed by atoms with van der Waals surface area (Å²) in [6.45, 7) is 8.58. The predicted octanol–water partition coefficient (Wildman–Crippen LogP) is 1.07. The van der Waals surface area contributed by atoms with E-state index in [1.54, 1.807) is 0 Å². The van der Waals surface area contributed by atoms with E-state index < -0.39 is 0 Å². The van der Waals surface area contributed by atoms with Crippen LogP contribution in [0.4, 0.5) is 0 Å². The molecule has 20 heavy (non-hydrogen) atoms. The first-order valence-electron chi connectivity index (χ1n) is 8.01. The molecule has 5 heteroatoms. The molecule has 0 bridgehead atoms. The number of hydrogen-bond acceptors (Lipinski definition) is 4. The maximum absolute atomic E-state index is 6.07. The number of piperazine rings is 1. The van der Waals surface area contributed by atoms with Gasteiger partial charge in [0.2, 0.25) is 0 Å². The molecule has 1 aromatic rings. The van der Waals surface area contributed by atoms with Crippen LogP contribution in [0.1, 0.15) is 37.9 Å². The highest BCUT2D eigenvalue weighted by molar-refractivity contribution is 5.07. The highest BCUT2D eigenvalue weighted by atomic mass is 15.3. The molecule has 2 aliphatic rings. The summed E-state index contributed by atoms with van der Waals surface area (Å²) >= 11 is 0. The number of nitrogens with two attached hydrogens (primary N) is 1. The van der Waals surface area contributed by atoms with Crippen molar-refractivity contribution in [2.24, 2.45) is 5.73 Å². The van der Waals surface area contributed by atoms with Gasteiger partial charge in [0.1, 0.15) is 0 Å². The van der Waals surface area contributed by atoms with Gasteiger partial charge in [0.05, 0.1) is 18.1 Å². The zero-order chi connectivity index (χ0) is 13.9. The van der Waals surface area contributed by atoms with Crippen molar-refractivity contribution in [1.29, 1.82) is 0 Å². The lowest BCUT2D eigenvalue weighted by Gasteiger charge is -2.39. The summed E-state index contributed by atoms with van der Waals surface area (Å²) < 4.78 is 2.27. The molecule has 5 nitrogen and oxygen atoms in total. The standard InChI is InChI=1S/C15H27N5/c1-2-5-20-12-17-11-15(20)14(10-16)19-8-6-18(7-9-19)13-3-4-13/h11-14H,2-10,16H2,1H3. The van der Waals surface area contributed by atoms with Crippen LogP contribution in [0.15, 0.2) is 12.5 Å². The SMILES string of the molecule is CCCn1cncc1C(CN)N1CCN(C2CC2)CC1. The van der Waals surface area contributed by atoms with Crippen molar-refractivity contribution in [3.05, 3.63) is 18.2 Å². The summed E-state index contributed by atoms with van der Waals surface area (Å²) in [6.07, 6.45) is 7.89. The highest BCUT2D eigenvalue weighted by Crippen LogP contribution is 2.29. The van der Waals surface area contributed by atoms with Crippen LogP contribution < -0.4 is 5.73 Å². The molecule has 0 radical (unpaired) electrons. The minimum absolute atomic E-state index is 0.324. The highest BCUT2D eigenvalue weighted by Gasteiger charge is 2.33. The average Bonchev–Trinajstić information content (AvgIpc) is 3.23. The van der Waals surface area contributed by atoms with Crippen LogP contribution in [0.25, 0.3) is 0 Å². The van der Waals surface area contributed by atoms with E-state index in [0.717, 1.165) is 32.1 Å². The van der Waals surface area contributed by atoms with E-state index in [9.17, 15) is 0 Å². The van der Waals surface area contributed by atoms with Gasteiger partial charge in [-0.15, -0.1) is 0 Å². The molecule has 1 saturated heterocycles. The third-order valence-corrected chi connectivity index (χ3v) is 4.63. The first-order valence-corrected chi connectivity index (χ1v) is 8.01. The molecule has 1 unspecified atom stereocenters. The van der Waals surface area contributed by atoms with Crippen molar-refractivity contribution >= 4 is 0 Å². The molecular weight excluding hydrogens is 250 g/mol. The molecule has 112 valence electrons. The second-order valence-electron chi connectivity index (χ2n) is 6.07. The summed E-state index contributed by atoms with van der Waals surface area (Å²) in [4.78, 5) is 9.52.